The van der Waals surface area contributed by atoms with Crippen LogP contribution in [0, 0.1) is 0 Å². The van der Waals surface area contributed by atoms with E-state index >= 15 is 0 Å². The van der Waals surface area contributed by atoms with Gasteiger partial charge in [0.1, 0.15) is 16.0 Å². The van der Waals surface area contributed by atoms with Gasteiger partial charge in [0.25, 0.3) is 0 Å². The van der Waals surface area contributed by atoms with Gasteiger partial charge in [-0.05, 0) is 97.1 Å². The molecule has 8 heteroatoms. The van der Waals surface area contributed by atoms with Crippen molar-refractivity contribution in [1.29, 1.82) is 0 Å². The van der Waals surface area contributed by atoms with Gasteiger partial charge >= 0.3 is 0 Å². The highest BCUT2D eigenvalue weighted by Crippen LogP contribution is 2.38. The van der Waals surface area contributed by atoms with Crippen LogP contribution in [0.15, 0.2) is 148 Å². The summed E-state index contributed by atoms with van der Waals surface area (Å²) in [4.78, 5) is 21.2. The number of aromatic nitrogens is 4. The summed E-state index contributed by atoms with van der Waals surface area (Å²) in [6, 6.07) is 44.2. The topological polar surface area (TPSA) is 81.1 Å². The van der Waals surface area contributed by atoms with Crippen LogP contribution < -0.4 is 4.90 Å². The van der Waals surface area contributed by atoms with Crippen molar-refractivity contribution in [3.05, 3.63) is 140 Å². The Bertz CT molecular complexity index is 2100. The van der Waals surface area contributed by atoms with Crippen LogP contribution in [-0.2, 0) is 0 Å². The van der Waals surface area contributed by atoms with E-state index in [2.05, 4.69) is 51.3 Å². The van der Waals surface area contributed by atoms with Gasteiger partial charge < -0.3 is 13.7 Å². The Labute approximate surface area is 267 Å². The van der Waals surface area contributed by atoms with Crippen LogP contribution in [0.25, 0.3) is 66.0 Å². The highest BCUT2D eigenvalue weighted by atomic mass is 32.1. The van der Waals surface area contributed by atoms with E-state index in [9.17, 15) is 0 Å². The van der Waals surface area contributed by atoms with Gasteiger partial charge in [-0.2, -0.15) is 0 Å². The first-order valence-corrected chi connectivity index (χ1v) is 15.6. The molecule has 0 saturated heterocycles. The van der Waals surface area contributed by atoms with E-state index in [0.29, 0.717) is 11.8 Å². The van der Waals surface area contributed by atoms with E-state index < -0.39 is 0 Å². The van der Waals surface area contributed by atoms with Crippen LogP contribution in [-0.4, -0.2) is 19.9 Å². The van der Waals surface area contributed by atoms with Crippen LogP contribution in [0.4, 0.5) is 17.1 Å². The van der Waals surface area contributed by atoms with Crippen LogP contribution in [0.5, 0.6) is 0 Å². The number of nitrogens with zero attached hydrogens (tertiary/aromatic N) is 5. The second-order valence-corrected chi connectivity index (χ2v) is 11.8. The standard InChI is InChI=1S/C38H23N5O2S/c1-4-10-33-29(7-1)40-36(44-33)24-13-17-26(18-14-24)43(27-19-15-25(16-20-27)37-41-30-8-2-5-11-34(30)45-37)28-21-22-32(39-23-28)38-42-31-9-3-6-12-35(31)46-38/h1-23H. The monoisotopic (exact) mass is 613 g/mol. The minimum Gasteiger partial charge on any atom is -0.436 e. The van der Waals surface area contributed by atoms with E-state index in [4.69, 9.17) is 18.8 Å². The van der Waals surface area contributed by atoms with Crippen LogP contribution in [0.2, 0.25) is 0 Å². The second kappa shape index (κ2) is 10.8. The summed E-state index contributed by atoms with van der Waals surface area (Å²) in [6.45, 7) is 0. The largest absolute Gasteiger partial charge is 0.436 e. The van der Waals surface area contributed by atoms with Gasteiger partial charge in [-0.15, -0.1) is 11.3 Å². The van der Waals surface area contributed by atoms with Crippen molar-refractivity contribution in [1.82, 2.24) is 19.9 Å². The molecule has 0 amide bonds. The third-order valence-corrected chi connectivity index (χ3v) is 8.91. The van der Waals surface area contributed by atoms with Gasteiger partial charge in [-0.1, -0.05) is 36.4 Å². The summed E-state index contributed by atoms with van der Waals surface area (Å²) in [5.74, 6) is 1.17. The van der Waals surface area contributed by atoms with Crippen molar-refractivity contribution in [3.8, 4) is 33.6 Å². The molecule has 0 aliphatic rings. The maximum Gasteiger partial charge on any atom is 0.227 e. The molecule has 4 heterocycles. The Balaban J connectivity index is 1.09. The van der Waals surface area contributed by atoms with Gasteiger partial charge in [0.2, 0.25) is 11.8 Å². The molecule has 46 heavy (non-hydrogen) atoms. The molecule has 0 N–H and O–H groups in total. The Kier molecular flexibility index (Phi) is 6.17. The maximum atomic E-state index is 6.02. The van der Waals surface area contributed by atoms with E-state index in [-0.39, 0.29) is 0 Å². The molecule has 0 aliphatic carbocycles. The number of pyridine rings is 1. The van der Waals surface area contributed by atoms with Gasteiger partial charge in [-0.3, -0.25) is 4.98 Å². The van der Waals surface area contributed by atoms with E-state index in [0.717, 1.165) is 71.3 Å². The second-order valence-electron chi connectivity index (χ2n) is 10.8. The number of fused-ring (bicyclic) bond motifs is 3. The minimum atomic E-state index is 0.587. The lowest BCUT2D eigenvalue weighted by molar-refractivity contribution is 0.619. The van der Waals surface area contributed by atoms with Crippen LogP contribution >= 0.6 is 11.3 Å². The molecule has 0 unspecified atom stereocenters. The lowest BCUT2D eigenvalue weighted by Gasteiger charge is -2.25. The molecule has 0 bridgehead atoms. The van der Waals surface area contributed by atoms with E-state index in [1.54, 1.807) is 11.3 Å². The van der Waals surface area contributed by atoms with Crippen molar-refractivity contribution in [3.63, 3.8) is 0 Å². The van der Waals surface area contributed by atoms with Crippen LogP contribution in [0.3, 0.4) is 0 Å². The summed E-state index contributed by atoms with van der Waals surface area (Å²) in [5, 5.41) is 0.893. The van der Waals surface area contributed by atoms with E-state index in [1.807, 2.05) is 103 Å². The minimum absolute atomic E-state index is 0.587. The van der Waals surface area contributed by atoms with Crippen molar-refractivity contribution in [2.45, 2.75) is 0 Å². The zero-order valence-corrected chi connectivity index (χ0v) is 25.1. The Hall–Kier alpha value is -6.12. The summed E-state index contributed by atoms with van der Waals surface area (Å²) in [6.07, 6.45) is 1.89. The average Bonchev–Trinajstić information content (AvgIpc) is 3.86. The summed E-state index contributed by atoms with van der Waals surface area (Å²) < 4.78 is 13.2. The number of hydrogen-bond donors (Lipinski definition) is 0. The number of para-hydroxylation sites is 5. The number of thiazole rings is 1. The Morgan fingerprint density at radius 2 is 1.00 bits per heavy atom. The molecule has 7 nitrogen and oxygen atoms in total. The Morgan fingerprint density at radius 1 is 0.478 bits per heavy atom. The summed E-state index contributed by atoms with van der Waals surface area (Å²) >= 11 is 1.64. The first-order chi connectivity index (χ1) is 22.7. The lowest BCUT2D eigenvalue weighted by Crippen LogP contribution is -2.10. The maximum absolute atomic E-state index is 6.02. The molecule has 5 aromatic carbocycles. The van der Waals surface area contributed by atoms with Gasteiger partial charge in [0.05, 0.1) is 27.8 Å². The number of benzene rings is 5. The fourth-order valence-electron chi connectivity index (χ4n) is 5.57. The zero-order chi connectivity index (χ0) is 30.5. The van der Waals surface area contributed by atoms with E-state index in [1.165, 1.54) is 0 Å². The van der Waals surface area contributed by atoms with Crippen molar-refractivity contribution >= 4 is 60.8 Å². The molecule has 0 saturated carbocycles. The molecule has 0 spiro atoms. The fraction of sp³-hybridized carbons (Fsp3) is 0. The first kappa shape index (κ1) is 26.3. The molecule has 0 fully saturated rings. The molecule has 0 radical (unpaired) electrons. The molecule has 0 atom stereocenters. The summed E-state index contributed by atoms with van der Waals surface area (Å²) in [5.41, 5.74) is 9.65. The van der Waals surface area contributed by atoms with Crippen molar-refractivity contribution in [2.24, 2.45) is 0 Å². The quantitative estimate of drug-likeness (QED) is 0.185. The molecule has 9 rings (SSSR count). The summed E-state index contributed by atoms with van der Waals surface area (Å²) in [7, 11) is 0. The number of hydrogen-bond acceptors (Lipinski definition) is 8. The third-order valence-electron chi connectivity index (χ3n) is 7.85. The number of oxazole rings is 2. The normalized spacial score (nSPS) is 11.5. The SMILES string of the molecule is c1ccc2oc(-c3ccc(N(c4ccc(-c5nc6ccccc6o5)cc4)c4ccc(-c5nc6ccccc6s5)nc4)cc3)nc2c1. The highest BCUT2D eigenvalue weighted by Gasteiger charge is 2.17. The van der Waals surface area contributed by atoms with Gasteiger partial charge in [0.15, 0.2) is 11.2 Å². The Morgan fingerprint density at radius 3 is 1.52 bits per heavy atom. The van der Waals surface area contributed by atoms with Crippen molar-refractivity contribution in [2.75, 3.05) is 4.90 Å². The lowest BCUT2D eigenvalue weighted by atomic mass is 10.1. The predicted octanol–water partition coefficient (Wildman–Crippen LogP) is 10.4. The smallest absolute Gasteiger partial charge is 0.227 e. The highest BCUT2D eigenvalue weighted by molar-refractivity contribution is 7.21. The van der Waals surface area contributed by atoms with Crippen molar-refractivity contribution < 1.29 is 8.83 Å². The zero-order valence-electron chi connectivity index (χ0n) is 24.2. The molecule has 0 aliphatic heterocycles. The molecule has 9 aromatic rings. The molecule has 218 valence electrons. The molecule has 4 aromatic heterocycles. The van der Waals surface area contributed by atoms with Gasteiger partial charge in [0, 0.05) is 22.5 Å². The predicted molar refractivity (Wildman–Crippen MR) is 184 cm³/mol. The fourth-order valence-corrected chi connectivity index (χ4v) is 6.51. The third kappa shape index (κ3) is 4.68. The first-order valence-electron chi connectivity index (χ1n) is 14.8. The molecular weight excluding hydrogens is 591 g/mol. The van der Waals surface area contributed by atoms with Gasteiger partial charge in [-0.25, -0.2) is 15.0 Å². The molecular formula is C38H23N5O2S. The number of anilines is 3. The average molecular weight is 614 g/mol. The number of rotatable bonds is 6. The van der Waals surface area contributed by atoms with Crippen LogP contribution in [0.1, 0.15) is 0 Å².